The minimum absolute atomic E-state index is 0.0250. The van der Waals surface area contributed by atoms with Crippen LogP contribution in [0.1, 0.15) is 19.8 Å². The van der Waals surface area contributed by atoms with Crippen molar-refractivity contribution in [3.05, 3.63) is 48.4 Å². The number of carbonyl (C=O) groups is 2. The first-order valence-corrected chi connectivity index (χ1v) is 12.1. The molecular weight excluding hydrogens is 488 g/mol. The fourth-order valence-corrected chi connectivity index (χ4v) is 4.93. The summed E-state index contributed by atoms with van der Waals surface area (Å²) in [5, 5.41) is 5.34. The number of pyridine rings is 1. The molecule has 36 heavy (non-hydrogen) atoms. The average Bonchev–Trinajstić information content (AvgIpc) is 3.30. The standard InChI is InChI=1S/C24H21F2N7O2S/c1-2-27-23(35)32-24-31-20-18(26)15(10-16(21(20)36-24)19-17(25)4-3-7-28-19)13-11-29-22(30-12-13)33-8-5-14(34)6-9-33/h3-4,7,10-12H,2,5-6,8-9H2,1H3,(H2,27,31,32,35). The number of urea groups is 1. The number of nitrogens with one attached hydrogen (secondary N) is 2. The van der Waals surface area contributed by atoms with Gasteiger partial charge in [-0.25, -0.2) is 28.5 Å². The molecule has 1 saturated heterocycles. The van der Waals surface area contributed by atoms with Crippen LogP contribution in [0.15, 0.2) is 36.8 Å². The maximum atomic E-state index is 15.7. The third-order valence-electron chi connectivity index (χ3n) is 5.73. The molecular formula is C24H21F2N7O2S. The van der Waals surface area contributed by atoms with Crippen LogP contribution in [0.25, 0.3) is 32.6 Å². The van der Waals surface area contributed by atoms with Gasteiger partial charge in [0.2, 0.25) is 5.95 Å². The third kappa shape index (κ3) is 4.59. The van der Waals surface area contributed by atoms with Crippen LogP contribution in [0, 0.1) is 11.6 Å². The van der Waals surface area contributed by atoms with Crippen LogP contribution in [0.5, 0.6) is 0 Å². The van der Waals surface area contributed by atoms with Gasteiger partial charge in [0.15, 0.2) is 10.9 Å². The number of nitrogens with zero attached hydrogens (tertiary/aromatic N) is 5. The highest BCUT2D eigenvalue weighted by molar-refractivity contribution is 7.22. The first-order chi connectivity index (χ1) is 17.4. The molecule has 12 heteroatoms. The van der Waals surface area contributed by atoms with Gasteiger partial charge in [-0.2, -0.15) is 0 Å². The highest BCUT2D eigenvalue weighted by Crippen LogP contribution is 2.41. The number of aromatic nitrogens is 4. The molecule has 0 radical (unpaired) electrons. The lowest BCUT2D eigenvalue weighted by atomic mass is 10.0. The van der Waals surface area contributed by atoms with Crippen LogP contribution in [-0.2, 0) is 4.79 Å². The van der Waals surface area contributed by atoms with Crippen molar-refractivity contribution in [3.63, 3.8) is 0 Å². The van der Waals surface area contributed by atoms with Gasteiger partial charge >= 0.3 is 6.03 Å². The molecule has 184 valence electrons. The van der Waals surface area contributed by atoms with E-state index >= 15 is 4.39 Å². The van der Waals surface area contributed by atoms with Crippen LogP contribution in [-0.4, -0.2) is 51.4 Å². The number of hydrogen-bond acceptors (Lipinski definition) is 8. The van der Waals surface area contributed by atoms with E-state index in [0.717, 1.165) is 11.3 Å². The normalized spacial score (nSPS) is 13.8. The van der Waals surface area contributed by atoms with E-state index in [9.17, 15) is 14.0 Å². The Bertz CT molecular complexity index is 1450. The zero-order chi connectivity index (χ0) is 25.2. The summed E-state index contributed by atoms with van der Waals surface area (Å²) in [6.45, 7) is 3.23. The number of piperidine rings is 1. The smallest absolute Gasteiger partial charge is 0.321 e. The molecule has 0 aliphatic carbocycles. The lowest BCUT2D eigenvalue weighted by Crippen LogP contribution is -2.34. The number of halogens is 2. The zero-order valence-electron chi connectivity index (χ0n) is 19.2. The monoisotopic (exact) mass is 509 g/mol. The van der Waals surface area contributed by atoms with Crippen LogP contribution in [0.2, 0.25) is 0 Å². The number of fused-ring (bicyclic) bond motifs is 1. The average molecular weight is 510 g/mol. The fourth-order valence-electron chi connectivity index (χ4n) is 3.96. The van der Waals surface area contributed by atoms with Crippen molar-refractivity contribution < 1.29 is 18.4 Å². The Morgan fingerprint density at radius 2 is 1.89 bits per heavy atom. The molecule has 5 rings (SSSR count). The molecule has 2 N–H and O–H groups in total. The van der Waals surface area contributed by atoms with Crippen LogP contribution < -0.4 is 15.5 Å². The molecule has 1 aliphatic heterocycles. The number of carbonyl (C=O) groups excluding carboxylic acids is 2. The number of hydrogen-bond donors (Lipinski definition) is 2. The number of thiazole rings is 1. The maximum Gasteiger partial charge on any atom is 0.321 e. The minimum atomic E-state index is -0.648. The van der Waals surface area contributed by atoms with Gasteiger partial charge in [-0.3, -0.25) is 15.1 Å². The topological polar surface area (TPSA) is 113 Å². The lowest BCUT2D eigenvalue weighted by Gasteiger charge is -2.25. The summed E-state index contributed by atoms with van der Waals surface area (Å²) in [7, 11) is 0. The predicted molar refractivity (Wildman–Crippen MR) is 133 cm³/mol. The van der Waals surface area contributed by atoms with Gasteiger partial charge in [0, 0.05) is 67.8 Å². The van der Waals surface area contributed by atoms with Gasteiger partial charge in [-0.05, 0) is 25.1 Å². The van der Waals surface area contributed by atoms with E-state index in [2.05, 4.69) is 30.6 Å². The Morgan fingerprint density at radius 3 is 2.58 bits per heavy atom. The highest BCUT2D eigenvalue weighted by Gasteiger charge is 2.23. The van der Waals surface area contributed by atoms with Crippen molar-refractivity contribution in [2.24, 2.45) is 0 Å². The number of anilines is 2. The Hall–Kier alpha value is -4.06. The van der Waals surface area contributed by atoms with E-state index in [-0.39, 0.29) is 27.7 Å². The molecule has 9 nitrogen and oxygen atoms in total. The first-order valence-electron chi connectivity index (χ1n) is 11.3. The fraction of sp³-hybridized carbons (Fsp3) is 0.250. The van der Waals surface area contributed by atoms with Crippen LogP contribution in [0.4, 0.5) is 24.7 Å². The van der Waals surface area contributed by atoms with Crippen molar-refractivity contribution in [2.45, 2.75) is 19.8 Å². The molecule has 1 fully saturated rings. The first kappa shape index (κ1) is 23.7. The summed E-state index contributed by atoms with van der Waals surface area (Å²) < 4.78 is 30.8. The van der Waals surface area contributed by atoms with E-state index in [0.29, 0.717) is 54.3 Å². The molecule has 1 aliphatic rings. The summed E-state index contributed by atoms with van der Waals surface area (Å²) in [5.41, 5.74) is 0.836. The number of Topliss-reactive ketones (excluding diaryl/α,β-unsaturated/α-hetero) is 1. The summed E-state index contributed by atoms with van der Waals surface area (Å²) in [6, 6.07) is 3.75. The van der Waals surface area contributed by atoms with E-state index in [4.69, 9.17) is 0 Å². The quantitative estimate of drug-likeness (QED) is 0.410. The summed E-state index contributed by atoms with van der Waals surface area (Å²) >= 11 is 1.03. The maximum absolute atomic E-state index is 15.7. The number of benzene rings is 1. The molecule has 0 unspecified atom stereocenters. The van der Waals surface area contributed by atoms with Crippen molar-refractivity contribution in [1.29, 1.82) is 0 Å². The Balaban J connectivity index is 1.59. The molecule has 2 amide bonds. The number of rotatable bonds is 5. The van der Waals surface area contributed by atoms with Gasteiger partial charge in [0.25, 0.3) is 0 Å². The molecule has 0 saturated carbocycles. The lowest BCUT2D eigenvalue weighted by molar-refractivity contribution is -0.119. The molecule has 1 aromatic carbocycles. The van der Waals surface area contributed by atoms with Gasteiger partial charge in [0.05, 0.1) is 4.70 Å². The number of ketones is 1. The summed E-state index contributed by atoms with van der Waals surface area (Å²) in [5.74, 6) is -0.568. The molecule has 3 aromatic heterocycles. The largest absolute Gasteiger partial charge is 0.340 e. The molecule has 0 atom stereocenters. The Labute approximate surface area is 208 Å². The van der Waals surface area contributed by atoms with Gasteiger partial charge < -0.3 is 10.2 Å². The van der Waals surface area contributed by atoms with Crippen molar-refractivity contribution in [3.8, 4) is 22.4 Å². The predicted octanol–water partition coefficient (Wildman–Crippen LogP) is 4.40. The third-order valence-corrected chi connectivity index (χ3v) is 6.73. The second-order valence-corrected chi connectivity index (χ2v) is 9.10. The Morgan fingerprint density at radius 1 is 1.14 bits per heavy atom. The Kier molecular flexibility index (Phi) is 6.51. The van der Waals surface area contributed by atoms with Crippen LogP contribution in [0.3, 0.4) is 0 Å². The van der Waals surface area contributed by atoms with Gasteiger partial charge in [-0.1, -0.05) is 11.3 Å². The van der Waals surface area contributed by atoms with Gasteiger partial charge in [0.1, 0.15) is 22.8 Å². The van der Waals surface area contributed by atoms with E-state index in [1.807, 2.05) is 4.90 Å². The molecule has 4 aromatic rings. The van der Waals surface area contributed by atoms with E-state index in [1.165, 1.54) is 36.8 Å². The minimum Gasteiger partial charge on any atom is -0.340 e. The van der Waals surface area contributed by atoms with Crippen molar-refractivity contribution in [2.75, 3.05) is 29.9 Å². The number of amides is 2. The summed E-state index contributed by atoms with van der Waals surface area (Å²) in [6.07, 6.45) is 5.30. The SMILES string of the molecule is CCNC(=O)Nc1nc2c(F)c(-c3cnc(N4CCC(=O)CC4)nc3)cc(-c3ncccc3F)c2s1. The second-order valence-electron chi connectivity index (χ2n) is 8.10. The highest BCUT2D eigenvalue weighted by atomic mass is 32.1. The van der Waals surface area contributed by atoms with Gasteiger partial charge in [-0.15, -0.1) is 0 Å². The molecule has 0 spiro atoms. The summed E-state index contributed by atoms with van der Waals surface area (Å²) in [4.78, 5) is 42.6. The van der Waals surface area contributed by atoms with Crippen molar-refractivity contribution >= 4 is 44.4 Å². The molecule has 0 bridgehead atoms. The van der Waals surface area contributed by atoms with E-state index in [1.54, 1.807) is 6.92 Å². The second kappa shape index (κ2) is 9.90. The van der Waals surface area contributed by atoms with Crippen LogP contribution >= 0.6 is 11.3 Å². The zero-order valence-corrected chi connectivity index (χ0v) is 20.0. The van der Waals surface area contributed by atoms with E-state index < -0.39 is 17.7 Å². The van der Waals surface area contributed by atoms with Crippen molar-refractivity contribution in [1.82, 2.24) is 25.3 Å². The molecule has 4 heterocycles.